The lowest BCUT2D eigenvalue weighted by Gasteiger charge is -2.14. The first kappa shape index (κ1) is 13.9. The van der Waals surface area contributed by atoms with Gasteiger partial charge in [0.15, 0.2) is 0 Å². The molecule has 2 nitrogen and oxygen atoms in total. The summed E-state index contributed by atoms with van der Waals surface area (Å²) < 4.78 is 44.2. The Morgan fingerprint density at radius 2 is 2.00 bits per heavy atom. The van der Waals surface area contributed by atoms with E-state index in [2.05, 4.69) is 20.9 Å². The molecular weight excluding hydrogens is 323 g/mol. The van der Waals surface area contributed by atoms with Crippen molar-refractivity contribution >= 4 is 15.9 Å². The molecule has 0 saturated carbocycles. The van der Waals surface area contributed by atoms with Crippen molar-refractivity contribution in [2.24, 2.45) is 0 Å². The average molecular weight is 332 g/mol. The third-order valence-corrected chi connectivity index (χ3v) is 2.86. The van der Waals surface area contributed by atoms with Gasteiger partial charge in [-0.1, -0.05) is 22.0 Å². The normalized spacial score (nSPS) is 11.4. The molecule has 0 N–H and O–H groups in total. The van der Waals surface area contributed by atoms with Crippen molar-refractivity contribution in [3.63, 3.8) is 0 Å². The van der Waals surface area contributed by atoms with Crippen molar-refractivity contribution in [1.82, 2.24) is 4.98 Å². The van der Waals surface area contributed by atoms with Crippen LogP contribution in [0.2, 0.25) is 0 Å². The summed E-state index contributed by atoms with van der Waals surface area (Å²) in [5.41, 5.74) is -0.0878. The van der Waals surface area contributed by atoms with Crippen LogP contribution in [0.15, 0.2) is 47.2 Å². The van der Waals surface area contributed by atoms with Gasteiger partial charge in [-0.2, -0.15) is 13.2 Å². The van der Waals surface area contributed by atoms with Crippen molar-refractivity contribution in [3.8, 4) is 5.75 Å². The smallest absolute Gasteiger partial charge is 0.419 e. The van der Waals surface area contributed by atoms with Gasteiger partial charge in [-0.3, -0.25) is 4.98 Å². The summed E-state index contributed by atoms with van der Waals surface area (Å²) in [6.45, 7) is 0.0351. The topological polar surface area (TPSA) is 22.1 Å². The van der Waals surface area contributed by atoms with Crippen LogP contribution in [0, 0.1) is 0 Å². The molecule has 100 valence electrons. The summed E-state index contributed by atoms with van der Waals surface area (Å²) in [6, 6.07) is 7.06. The van der Waals surface area contributed by atoms with Crippen LogP contribution in [-0.4, -0.2) is 4.98 Å². The Hall–Kier alpha value is -1.56. The van der Waals surface area contributed by atoms with E-state index in [4.69, 9.17) is 4.74 Å². The molecule has 6 heteroatoms. The van der Waals surface area contributed by atoms with Crippen molar-refractivity contribution in [3.05, 3.63) is 58.3 Å². The third kappa shape index (κ3) is 3.70. The highest BCUT2D eigenvalue weighted by molar-refractivity contribution is 9.10. The fraction of sp³-hybridized carbons (Fsp3) is 0.154. The molecule has 0 fully saturated rings. The van der Waals surface area contributed by atoms with Gasteiger partial charge in [0.2, 0.25) is 0 Å². The Morgan fingerprint density at radius 3 is 2.63 bits per heavy atom. The monoisotopic (exact) mass is 331 g/mol. The lowest BCUT2D eigenvalue weighted by atomic mass is 10.2. The van der Waals surface area contributed by atoms with Gasteiger partial charge in [-0.05, 0) is 24.3 Å². The van der Waals surface area contributed by atoms with Crippen molar-refractivity contribution in [2.45, 2.75) is 12.8 Å². The highest BCUT2D eigenvalue weighted by Crippen LogP contribution is 2.37. The largest absolute Gasteiger partial charge is 0.488 e. The van der Waals surface area contributed by atoms with Gasteiger partial charge in [0, 0.05) is 22.4 Å². The van der Waals surface area contributed by atoms with Gasteiger partial charge >= 0.3 is 6.18 Å². The van der Waals surface area contributed by atoms with Crippen molar-refractivity contribution in [2.75, 3.05) is 0 Å². The third-order valence-electron chi connectivity index (χ3n) is 2.37. The molecule has 0 aliphatic carbocycles. The van der Waals surface area contributed by atoms with E-state index in [1.165, 1.54) is 12.1 Å². The second-order valence-electron chi connectivity index (χ2n) is 3.79. The number of rotatable bonds is 3. The lowest BCUT2D eigenvalue weighted by molar-refractivity contribution is -0.139. The fourth-order valence-electron chi connectivity index (χ4n) is 1.49. The minimum absolute atomic E-state index is 0.0351. The summed E-state index contributed by atoms with van der Waals surface area (Å²) in [5, 5.41) is 0. The number of hydrogen-bond acceptors (Lipinski definition) is 2. The number of nitrogens with zero attached hydrogens (tertiary/aromatic N) is 1. The second kappa shape index (κ2) is 5.61. The highest BCUT2D eigenvalue weighted by atomic mass is 79.9. The molecule has 0 aliphatic heterocycles. The van der Waals surface area contributed by atoms with Crippen LogP contribution in [0.5, 0.6) is 5.75 Å². The highest BCUT2D eigenvalue weighted by Gasteiger charge is 2.34. The molecule has 19 heavy (non-hydrogen) atoms. The second-order valence-corrected chi connectivity index (χ2v) is 4.70. The van der Waals surface area contributed by atoms with Crippen LogP contribution in [0.1, 0.15) is 11.1 Å². The van der Waals surface area contributed by atoms with Crippen LogP contribution in [0.25, 0.3) is 0 Å². The fourth-order valence-corrected chi connectivity index (χ4v) is 1.83. The zero-order chi connectivity index (χ0) is 13.9. The van der Waals surface area contributed by atoms with E-state index in [0.29, 0.717) is 10.0 Å². The zero-order valence-electron chi connectivity index (χ0n) is 9.62. The molecule has 0 atom stereocenters. The molecule has 2 rings (SSSR count). The predicted octanol–water partition coefficient (Wildman–Crippen LogP) is 4.44. The Labute approximate surface area is 116 Å². The molecule has 2 aromatic rings. The number of aromatic nitrogens is 1. The van der Waals surface area contributed by atoms with Crippen LogP contribution < -0.4 is 4.74 Å². The first-order chi connectivity index (χ1) is 8.97. The van der Waals surface area contributed by atoms with Crippen LogP contribution >= 0.6 is 15.9 Å². The van der Waals surface area contributed by atoms with E-state index >= 15 is 0 Å². The Morgan fingerprint density at radius 1 is 1.21 bits per heavy atom. The first-order valence-corrected chi connectivity index (χ1v) is 6.14. The van der Waals surface area contributed by atoms with Gasteiger partial charge in [0.1, 0.15) is 12.4 Å². The average Bonchev–Trinajstić information content (AvgIpc) is 2.36. The molecule has 0 spiro atoms. The molecule has 0 bridgehead atoms. The number of pyridine rings is 1. The van der Waals surface area contributed by atoms with E-state index in [0.717, 1.165) is 6.07 Å². The molecule has 1 heterocycles. The standard InChI is InChI=1S/C13H9BrF3NO/c14-10-3-4-11(13(15,16)17)12(6-10)19-8-9-2-1-5-18-7-9/h1-7H,8H2. The SMILES string of the molecule is FC(F)(F)c1ccc(Br)cc1OCc1cccnc1. The summed E-state index contributed by atoms with van der Waals surface area (Å²) in [6.07, 6.45) is -1.31. The molecule has 0 unspecified atom stereocenters. The quantitative estimate of drug-likeness (QED) is 0.829. The molecular formula is C13H9BrF3NO. The van der Waals surface area contributed by atoms with Crippen molar-refractivity contribution in [1.29, 1.82) is 0 Å². The van der Waals surface area contributed by atoms with E-state index in [-0.39, 0.29) is 12.4 Å². The number of halogens is 4. The molecule has 0 amide bonds. The van der Waals surface area contributed by atoms with E-state index in [1.54, 1.807) is 24.5 Å². The summed E-state index contributed by atoms with van der Waals surface area (Å²) >= 11 is 3.13. The summed E-state index contributed by atoms with van der Waals surface area (Å²) in [7, 11) is 0. The van der Waals surface area contributed by atoms with Gasteiger partial charge in [0.25, 0.3) is 0 Å². The van der Waals surface area contributed by atoms with Gasteiger partial charge in [0.05, 0.1) is 5.56 Å². The maximum absolute atomic E-state index is 12.8. The Bertz CT molecular complexity index is 558. The predicted molar refractivity (Wildman–Crippen MR) is 67.7 cm³/mol. The Balaban J connectivity index is 2.22. The molecule has 1 aromatic heterocycles. The summed E-state index contributed by atoms with van der Waals surface area (Å²) in [4.78, 5) is 3.87. The van der Waals surface area contributed by atoms with Crippen LogP contribution in [0.3, 0.4) is 0 Å². The van der Waals surface area contributed by atoms with E-state index in [1.807, 2.05) is 0 Å². The first-order valence-electron chi connectivity index (χ1n) is 5.35. The maximum Gasteiger partial charge on any atom is 0.419 e. The lowest BCUT2D eigenvalue weighted by Crippen LogP contribution is -2.08. The molecule has 0 radical (unpaired) electrons. The Kier molecular flexibility index (Phi) is 4.09. The number of benzene rings is 1. The number of ether oxygens (including phenoxy) is 1. The summed E-state index contributed by atoms with van der Waals surface area (Å²) in [5.74, 6) is -0.203. The van der Waals surface area contributed by atoms with E-state index in [9.17, 15) is 13.2 Å². The molecule has 0 aliphatic rings. The van der Waals surface area contributed by atoms with Crippen LogP contribution in [-0.2, 0) is 12.8 Å². The minimum Gasteiger partial charge on any atom is -0.488 e. The molecule has 1 aromatic carbocycles. The van der Waals surface area contributed by atoms with Gasteiger partial charge < -0.3 is 4.74 Å². The van der Waals surface area contributed by atoms with Gasteiger partial charge in [-0.25, -0.2) is 0 Å². The molecule has 0 saturated heterocycles. The van der Waals surface area contributed by atoms with Gasteiger partial charge in [-0.15, -0.1) is 0 Å². The number of alkyl halides is 3. The van der Waals surface area contributed by atoms with Crippen molar-refractivity contribution < 1.29 is 17.9 Å². The van der Waals surface area contributed by atoms with E-state index < -0.39 is 11.7 Å². The zero-order valence-corrected chi connectivity index (χ0v) is 11.2. The van der Waals surface area contributed by atoms with Crippen LogP contribution in [0.4, 0.5) is 13.2 Å². The number of hydrogen-bond donors (Lipinski definition) is 0. The maximum atomic E-state index is 12.8. The minimum atomic E-state index is -4.44.